The molecule has 232 valence electrons. The Kier molecular flexibility index (Phi) is 11.7. The van der Waals surface area contributed by atoms with Gasteiger partial charge in [-0.3, -0.25) is 14.4 Å². The number of benzene rings is 2. The molecule has 0 atom stereocenters. The second-order valence-corrected chi connectivity index (χ2v) is 13.1. The van der Waals surface area contributed by atoms with Gasteiger partial charge in [0.2, 0.25) is 5.78 Å². The lowest BCUT2D eigenvalue weighted by molar-refractivity contribution is 0.0740. The van der Waals surface area contributed by atoms with Gasteiger partial charge in [0.05, 0.1) is 11.0 Å². The number of hydrogen-bond donors (Lipinski definition) is 0. The molecular weight excluding hydrogens is 536 g/mol. The summed E-state index contributed by atoms with van der Waals surface area (Å²) >= 11 is 0. The fourth-order valence-electron chi connectivity index (χ4n) is 5.82. The second kappa shape index (κ2) is 15.4. The van der Waals surface area contributed by atoms with Crippen molar-refractivity contribution < 1.29 is 14.4 Å². The SMILES string of the molecule is CC(=O)c1cccc(CC(=O)c2nc3ccc(C(=O)N(CCC(C)C)CCC(C)C)cc3n2CCCN2CCCCC2)c1. The van der Waals surface area contributed by atoms with Crippen LogP contribution in [0.1, 0.15) is 110 Å². The third-order valence-electron chi connectivity index (χ3n) is 8.49. The van der Waals surface area contributed by atoms with Crippen LogP contribution in [-0.4, -0.2) is 69.5 Å². The maximum Gasteiger partial charge on any atom is 0.253 e. The molecule has 0 bridgehead atoms. The van der Waals surface area contributed by atoms with Crippen molar-refractivity contribution in [2.24, 2.45) is 11.8 Å². The third kappa shape index (κ3) is 9.09. The van der Waals surface area contributed by atoms with Crippen molar-refractivity contribution in [1.82, 2.24) is 19.4 Å². The van der Waals surface area contributed by atoms with Crippen molar-refractivity contribution >= 4 is 28.5 Å². The monoisotopic (exact) mass is 586 g/mol. The number of nitrogens with zero attached hydrogens (tertiary/aromatic N) is 4. The minimum Gasteiger partial charge on any atom is -0.339 e. The van der Waals surface area contributed by atoms with E-state index < -0.39 is 0 Å². The minimum atomic E-state index is -0.0850. The molecule has 7 heteroatoms. The van der Waals surface area contributed by atoms with Crippen LogP contribution >= 0.6 is 0 Å². The molecule has 1 fully saturated rings. The fourth-order valence-corrected chi connectivity index (χ4v) is 5.82. The van der Waals surface area contributed by atoms with E-state index in [1.807, 2.05) is 39.8 Å². The van der Waals surface area contributed by atoms with Gasteiger partial charge < -0.3 is 14.4 Å². The molecule has 0 radical (unpaired) electrons. The number of carbonyl (C=O) groups is 3. The quantitative estimate of drug-likeness (QED) is 0.178. The molecular formula is C36H50N4O3. The average molecular weight is 587 g/mol. The lowest BCUT2D eigenvalue weighted by atomic mass is 10.0. The maximum atomic E-state index is 13.8. The molecule has 1 aromatic heterocycles. The largest absolute Gasteiger partial charge is 0.339 e. The number of piperidine rings is 1. The van der Waals surface area contributed by atoms with Gasteiger partial charge >= 0.3 is 0 Å². The predicted molar refractivity (Wildman–Crippen MR) is 174 cm³/mol. The normalized spacial score (nSPS) is 14.1. The lowest BCUT2D eigenvalue weighted by Gasteiger charge is -2.26. The molecule has 3 aromatic rings. The average Bonchev–Trinajstić information content (AvgIpc) is 3.35. The van der Waals surface area contributed by atoms with E-state index in [-0.39, 0.29) is 23.9 Å². The summed E-state index contributed by atoms with van der Waals surface area (Å²) in [7, 11) is 0. The smallest absolute Gasteiger partial charge is 0.253 e. The van der Waals surface area contributed by atoms with E-state index >= 15 is 0 Å². The highest BCUT2D eigenvalue weighted by atomic mass is 16.2. The molecule has 2 aromatic carbocycles. The Labute approximate surface area is 257 Å². The third-order valence-corrected chi connectivity index (χ3v) is 8.49. The van der Waals surface area contributed by atoms with Crippen molar-refractivity contribution in [3.05, 3.63) is 65.0 Å². The lowest BCUT2D eigenvalue weighted by Crippen LogP contribution is -2.34. The molecule has 1 aliphatic rings. The zero-order valence-electron chi connectivity index (χ0n) is 26.9. The van der Waals surface area contributed by atoms with Crippen LogP contribution in [0.25, 0.3) is 11.0 Å². The number of aryl methyl sites for hydroxylation is 1. The van der Waals surface area contributed by atoms with Crippen LogP contribution in [0.15, 0.2) is 42.5 Å². The van der Waals surface area contributed by atoms with Gasteiger partial charge in [0.1, 0.15) is 0 Å². The Morgan fingerprint density at radius 2 is 1.56 bits per heavy atom. The van der Waals surface area contributed by atoms with Crippen LogP contribution in [-0.2, 0) is 13.0 Å². The zero-order valence-corrected chi connectivity index (χ0v) is 26.9. The first-order chi connectivity index (χ1) is 20.6. The molecule has 0 spiro atoms. The molecule has 2 heterocycles. The molecule has 0 saturated carbocycles. The van der Waals surface area contributed by atoms with E-state index in [1.165, 1.54) is 26.2 Å². The number of aromatic nitrogens is 2. The first-order valence-corrected chi connectivity index (χ1v) is 16.3. The highest BCUT2D eigenvalue weighted by Gasteiger charge is 2.22. The topological polar surface area (TPSA) is 75.5 Å². The molecule has 1 aliphatic heterocycles. The summed E-state index contributed by atoms with van der Waals surface area (Å²) in [6.07, 6.45) is 6.78. The first-order valence-electron chi connectivity index (χ1n) is 16.3. The van der Waals surface area contributed by atoms with Crippen molar-refractivity contribution in [3.8, 4) is 0 Å². The Balaban J connectivity index is 1.64. The summed E-state index contributed by atoms with van der Waals surface area (Å²) in [6.45, 7) is 15.7. The Morgan fingerprint density at radius 3 is 2.21 bits per heavy atom. The number of fused-ring (bicyclic) bond motifs is 1. The van der Waals surface area contributed by atoms with Gasteiger partial charge in [0.25, 0.3) is 5.91 Å². The van der Waals surface area contributed by atoms with Gasteiger partial charge in [0, 0.05) is 37.2 Å². The van der Waals surface area contributed by atoms with Gasteiger partial charge in [-0.05, 0) is 100 Å². The molecule has 7 nitrogen and oxygen atoms in total. The standard InChI is InChI=1S/C36H50N4O3/c1-26(2)15-21-39(22-16-27(3)4)36(43)31-13-14-32-33(25-31)40(20-10-19-38-17-7-6-8-18-38)35(37-32)34(42)24-29-11-9-12-30(23-29)28(5)41/h9,11-14,23,25-27H,6-8,10,15-22,24H2,1-5H3. The number of hydrogen-bond acceptors (Lipinski definition) is 5. The van der Waals surface area contributed by atoms with Crippen LogP contribution in [0.2, 0.25) is 0 Å². The Morgan fingerprint density at radius 1 is 0.860 bits per heavy atom. The van der Waals surface area contributed by atoms with Crippen LogP contribution in [0, 0.1) is 11.8 Å². The van der Waals surface area contributed by atoms with Crippen LogP contribution in [0.3, 0.4) is 0 Å². The van der Waals surface area contributed by atoms with E-state index in [9.17, 15) is 14.4 Å². The van der Waals surface area contributed by atoms with Crippen molar-refractivity contribution in [1.29, 1.82) is 0 Å². The summed E-state index contributed by atoms with van der Waals surface area (Å²) in [5.74, 6) is 1.39. The summed E-state index contributed by atoms with van der Waals surface area (Å²) in [5.41, 5.74) is 3.60. The van der Waals surface area contributed by atoms with E-state index in [0.29, 0.717) is 35.3 Å². The molecule has 0 unspecified atom stereocenters. The molecule has 1 amide bonds. The summed E-state index contributed by atoms with van der Waals surface area (Å²) in [6, 6.07) is 13.0. The molecule has 0 N–H and O–H groups in total. The van der Waals surface area contributed by atoms with E-state index in [0.717, 1.165) is 68.6 Å². The molecule has 4 rings (SSSR count). The molecule has 1 saturated heterocycles. The maximum absolute atomic E-state index is 13.8. The predicted octanol–water partition coefficient (Wildman–Crippen LogP) is 7.07. The van der Waals surface area contributed by atoms with Crippen LogP contribution in [0.4, 0.5) is 0 Å². The number of likely N-dealkylation sites (tertiary alicyclic amines) is 1. The number of imidazole rings is 1. The minimum absolute atomic E-state index is 0.0210. The summed E-state index contributed by atoms with van der Waals surface area (Å²) in [5, 5.41) is 0. The number of Topliss-reactive ketones (excluding diaryl/α,β-unsaturated/α-hetero) is 2. The van der Waals surface area contributed by atoms with Gasteiger partial charge in [-0.1, -0.05) is 52.3 Å². The second-order valence-electron chi connectivity index (χ2n) is 13.1. The highest BCUT2D eigenvalue weighted by molar-refractivity contribution is 6.01. The van der Waals surface area contributed by atoms with Crippen molar-refractivity contribution in [2.75, 3.05) is 32.7 Å². The first kappa shape index (κ1) is 32.6. The molecule has 43 heavy (non-hydrogen) atoms. The van der Waals surface area contributed by atoms with Gasteiger partial charge in [-0.2, -0.15) is 0 Å². The zero-order chi connectivity index (χ0) is 30.9. The number of amides is 1. The summed E-state index contributed by atoms with van der Waals surface area (Å²) < 4.78 is 2.03. The van der Waals surface area contributed by atoms with Crippen LogP contribution < -0.4 is 0 Å². The Bertz CT molecular complexity index is 1390. The number of ketones is 2. The van der Waals surface area contributed by atoms with E-state index in [2.05, 4.69) is 32.6 Å². The highest BCUT2D eigenvalue weighted by Crippen LogP contribution is 2.23. The molecule has 0 aliphatic carbocycles. The summed E-state index contributed by atoms with van der Waals surface area (Å²) in [4.78, 5) is 48.8. The number of carbonyl (C=O) groups excluding carboxylic acids is 3. The van der Waals surface area contributed by atoms with Gasteiger partial charge in [-0.15, -0.1) is 0 Å². The van der Waals surface area contributed by atoms with Gasteiger partial charge in [0.15, 0.2) is 11.6 Å². The van der Waals surface area contributed by atoms with E-state index in [4.69, 9.17) is 4.98 Å². The fraction of sp³-hybridized carbons (Fsp3) is 0.556. The van der Waals surface area contributed by atoms with Crippen molar-refractivity contribution in [2.45, 2.75) is 86.1 Å². The van der Waals surface area contributed by atoms with Crippen LogP contribution in [0.5, 0.6) is 0 Å². The van der Waals surface area contributed by atoms with Crippen molar-refractivity contribution in [3.63, 3.8) is 0 Å². The number of rotatable bonds is 15. The van der Waals surface area contributed by atoms with E-state index in [1.54, 1.807) is 12.1 Å². The van der Waals surface area contributed by atoms with Gasteiger partial charge in [-0.25, -0.2) is 4.98 Å². The Hall–Kier alpha value is -3.32.